The molecule has 2 N–H and O–H groups in total. The van der Waals surface area contributed by atoms with Crippen molar-refractivity contribution >= 4 is 57.5 Å². The Morgan fingerprint density at radius 3 is 2.67 bits per heavy atom. The van der Waals surface area contributed by atoms with Crippen LogP contribution < -0.4 is 10.6 Å². The zero-order valence-electron chi connectivity index (χ0n) is 14.4. The molecule has 3 rings (SSSR count). The van der Waals surface area contributed by atoms with Crippen LogP contribution in [0.4, 0.5) is 11.4 Å². The van der Waals surface area contributed by atoms with Gasteiger partial charge in [-0.2, -0.15) is 0 Å². The number of carbonyl (C=O) groups excluding carboxylic acids is 3. The Balaban J connectivity index is 1.61. The van der Waals surface area contributed by atoms with E-state index in [1.54, 1.807) is 48.5 Å². The Morgan fingerprint density at radius 2 is 1.96 bits per heavy atom. The number of nitrogens with one attached hydrogen (secondary N) is 2. The average molecular weight is 402 g/mol. The fourth-order valence-electron chi connectivity index (χ4n) is 2.42. The molecule has 1 saturated heterocycles. The van der Waals surface area contributed by atoms with Crippen molar-refractivity contribution in [2.24, 2.45) is 4.99 Å². The Labute approximate surface area is 165 Å². The maximum Gasteiger partial charge on any atom is 0.240 e. The van der Waals surface area contributed by atoms with Gasteiger partial charge in [0.15, 0.2) is 11.0 Å². The summed E-state index contributed by atoms with van der Waals surface area (Å²) in [5.41, 5.74) is 1.69. The molecule has 1 heterocycles. The quantitative estimate of drug-likeness (QED) is 0.746. The fraction of sp³-hybridized carbons (Fsp3) is 0.158. The minimum Gasteiger partial charge on any atom is -0.326 e. The minimum absolute atomic E-state index is 0.000433. The Bertz CT molecular complexity index is 928. The Hall–Kier alpha value is -2.64. The van der Waals surface area contributed by atoms with Crippen LogP contribution >= 0.6 is 23.4 Å². The zero-order chi connectivity index (χ0) is 19.4. The van der Waals surface area contributed by atoms with Gasteiger partial charge in [0.1, 0.15) is 5.25 Å². The predicted molar refractivity (Wildman–Crippen MR) is 108 cm³/mol. The normalized spacial score (nSPS) is 17.6. The van der Waals surface area contributed by atoms with Gasteiger partial charge >= 0.3 is 0 Å². The van der Waals surface area contributed by atoms with Crippen molar-refractivity contribution in [1.29, 1.82) is 0 Å². The summed E-state index contributed by atoms with van der Waals surface area (Å²) < 4.78 is 0. The molecule has 2 aromatic rings. The highest BCUT2D eigenvalue weighted by Crippen LogP contribution is 2.26. The molecule has 0 unspecified atom stereocenters. The second-order valence-electron chi connectivity index (χ2n) is 5.88. The van der Waals surface area contributed by atoms with Gasteiger partial charge in [-0.15, -0.1) is 0 Å². The lowest BCUT2D eigenvalue weighted by Gasteiger charge is -2.08. The number of aliphatic imine (C=N–C) groups is 1. The van der Waals surface area contributed by atoms with Crippen LogP contribution in [0, 0.1) is 0 Å². The van der Waals surface area contributed by atoms with Gasteiger partial charge in [-0.05, 0) is 43.3 Å². The first kappa shape index (κ1) is 19.1. The van der Waals surface area contributed by atoms with E-state index < -0.39 is 5.25 Å². The van der Waals surface area contributed by atoms with E-state index in [2.05, 4.69) is 15.6 Å². The van der Waals surface area contributed by atoms with E-state index in [0.29, 0.717) is 27.1 Å². The molecule has 0 aromatic heterocycles. The van der Waals surface area contributed by atoms with Crippen LogP contribution in [0.5, 0.6) is 0 Å². The van der Waals surface area contributed by atoms with Gasteiger partial charge in [-0.3, -0.25) is 14.4 Å². The van der Waals surface area contributed by atoms with Crippen molar-refractivity contribution in [2.45, 2.75) is 18.6 Å². The smallest absolute Gasteiger partial charge is 0.240 e. The summed E-state index contributed by atoms with van der Waals surface area (Å²) >= 11 is 7.05. The highest BCUT2D eigenvalue weighted by atomic mass is 35.5. The first-order valence-corrected chi connectivity index (χ1v) is 9.39. The van der Waals surface area contributed by atoms with E-state index in [1.165, 1.54) is 18.7 Å². The number of amides is 2. The molecule has 138 valence electrons. The highest BCUT2D eigenvalue weighted by Gasteiger charge is 2.32. The van der Waals surface area contributed by atoms with Crippen LogP contribution in [-0.2, 0) is 9.59 Å². The number of amidine groups is 1. The van der Waals surface area contributed by atoms with Crippen LogP contribution in [0.15, 0.2) is 53.5 Å². The van der Waals surface area contributed by atoms with Gasteiger partial charge in [-0.25, -0.2) is 4.99 Å². The third-order valence-corrected chi connectivity index (χ3v) is 5.09. The molecule has 0 saturated carbocycles. The number of Topliss-reactive ketones (excluding diaryl/α,β-unsaturated/α-hetero) is 1. The molecule has 1 atom stereocenters. The van der Waals surface area contributed by atoms with Crippen molar-refractivity contribution < 1.29 is 14.4 Å². The lowest BCUT2D eigenvalue weighted by atomic mass is 10.1. The predicted octanol–water partition coefficient (Wildman–Crippen LogP) is 3.79. The summed E-state index contributed by atoms with van der Waals surface area (Å²) in [6, 6.07) is 13.6. The van der Waals surface area contributed by atoms with Gasteiger partial charge in [0, 0.05) is 22.7 Å². The summed E-state index contributed by atoms with van der Waals surface area (Å²) in [7, 11) is 0. The van der Waals surface area contributed by atoms with Crippen molar-refractivity contribution in [3.05, 3.63) is 59.1 Å². The number of halogens is 1. The second kappa shape index (κ2) is 8.37. The van der Waals surface area contributed by atoms with E-state index in [9.17, 15) is 14.4 Å². The van der Waals surface area contributed by atoms with Crippen LogP contribution in [0.2, 0.25) is 5.02 Å². The van der Waals surface area contributed by atoms with Gasteiger partial charge in [0.2, 0.25) is 11.8 Å². The topological polar surface area (TPSA) is 87.6 Å². The number of benzene rings is 2. The number of anilines is 1. The molecule has 0 bridgehead atoms. The number of thioether (sulfide) groups is 1. The SMILES string of the molecule is CC(=O)c1cccc(NC(=O)C[C@@H]2SC(=Nc3ccc(Cl)cc3)NC2=O)c1. The van der Waals surface area contributed by atoms with Gasteiger partial charge in [-0.1, -0.05) is 35.5 Å². The standard InChI is InChI=1S/C19H16ClN3O3S/c1-11(24)12-3-2-4-15(9-12)21-17(25)10-16-18(26)23-19(27-16)22-14-7-5-13(20)6-8-14/h2-9,16H,10H2,1H3,(H,21,25)(H,22,23,26)/t16-/m0/s1. The maximum absolute atomic E-state index is 12.3. The molecule has 6 nitrogen and oxygen atoms in total. The van der Waals surface area contributed by atoms with Crippen LogP contribution in [0.25, 0.3) is 0 Å². The van der Waals surface area contributed by atoms with E-state index in [4.69, 9.17) is 11.6 Å². The van der Waals surface area contributed by atoms with Gasteiger partial charge in [0.05, 0.1) is 5.69 Å². The fourth-order valence-corrected chi connectivity index (χ4v) is 3.54. The molecular weight excluding hydrogens is 386 g/mol. The second-order valence-corrected chi connectivity index (χ2v) is 7.51. The van der Waals surface area contributed by atoms with E-state index in [-0.39, 0.29) is 24.0 Å². The molecule has 2 aromatic carbocycles. The first-order valence-electron chi connectivity index (χ1n) is 8.13. The van der Waals surface area contributed by atoms with Crippen molar-refractivity contribution in [2.75, 3.05) is 5.32 Å². The summed E-state index contributed by atoms with van der Waals surface area (Å²) in [6.07, 6.45) is 0.000433. The molecular formula is C19H16ClN3O3S. The molecule has 8 heteroatoms. The molecule has 0 spiro atoms. The largest absolute Gasteiger partial charge is 0.326 e. The molecule has 1 fully saturated rings. The lowest BCUT2D eigenvalue weighted by molar-refractivity contribution is -0.122. The molecule has 1 aliphatic rings. The number of hydrogen-bond donors (Lipinski definition) is 2. The van der Waals surface area contributed by atoms with Gasteiger partial charge < -0.3 is 10.6 Å². The summed E-state index contributed by atoms with van der Waals surface area (Å²) in [5.74, 6) is -0.656. The molecule has 0 radical (unpaired) electrons. The molecule has 0 aliphatic carbocycles. The molecule has 27 heavy (non-hydrogen) atoms. The zero-order valence-corrected chi connectivity index (χ0v) is 15.9. The number of carbonyl (C=O) groups is 3. The number of ketones is 1. The highest BCUT2D eigenvalue weighted by molar-refractivity contribution is 8.15. The van der Waals surface area contributed by atoms with E-state index in [1.807, 2.05) is 0 Å². The summed E-state index contributed by atoms with van der Waals surface area (Å²) in [6.45, 7) is 1.46. The van der Waals surface area contributed by atoms with Crippen LogP contribution in [0.3, 0.4) is 0 Å². The van der Waals surface area contributed by atoms with Crippen LogP contribution in [0.1, 0.15) is 23.7 Å². The maximum atomic E-state index is 12.3. The van der Waals surface area contributed by atoms with Crippen molar-refractivity contribution in [1.82, 2.24) is 5.32 Å². The summed E-state index contributed by atoms with van der Waals surface area (Å²) in [5, 5.41) is 5.88. The lowest BCUT2D eigenvalue weighted by Crippen LogP contribution is -2.28. The molecule has 2 amide bonds. The number of nitrogens with zero attached hydrogens (tertiary/aromatic N) is 1. The minimum atomic E-state index is -0.563. The Kier molecular flexibility index (Phi) is 5.93. The van der Waals surface area contributed by atoms with Crippen molar-refractivity contribution in [3.8, 4) is 0 Å². The first-order chi connectivity index (χ1) is 12.9. The molecule has 1 aliphatic heterocycles. The van der Waals surface area contributed by atoms with E-state index >= 15 is 0 Å². The number of rotatable bonds is 5. The summed E-state index contributed by atoms with van der Waals surface area (Å²) in [4.78, 5) is 40.1. The average Bonchev–Trinajstić information content (AvgIpc) is 2.96. The third-order valence-electron chi connectivity index (χ3n) is 3.76. The number of hydrogen-bond acceptors (Lipinski definition) is 5. The Morgan fingerprint density at radius 1 is 1.22 bits per heavy atom. The van der Waals surface area contributed by atoms with Gasteiger partial charge in [0.25, 0.3) is 0 Å². The van der Waals surface area contributed by atoms with Crippen LogP contribution in [-0.4, -0.2) is 28.0 Å². The van der Waals surface area contributed by atoms with Crippen molar-refractivity contribution in [3.63, 3.8) is 0 Å². The van der Waals surface area contributed by atoms with E-state index in [0.717, 1.165) is 0 Å². The monoisotopic (exact) mass is 401 g/mol. The third kappa shape index (κ3) is 5.18.